The summed E-state index contributed by atoms with van der Waals surface area (Å²) in [4.78, 5) is 28.2. The van der Waals surface area contributed by atoms with Gasteiger partial charge in [-0.2, -0.15) is 0 Å². The molecule has 0 amide bonds. The van der Waals surface area contributed by atoms with Gasteiger partial charge < -0.3 is 13.9 Å². The number of ether oxygens (including phenoxy) is 1. The zero-order chi connectivity index (χ0) is 35.5. The number of imidazole rings is 2. The third-order valence-corrected chi connectivity index (χ3v) is 9.21. The summed E-state index contributed by atoms with van der Waals surface area (Å²) in [6.45, 7) is 4.84. The van der Waals surface area contributed by atoms with Crippen LogP contribution in [0.15, 0.2) is 109 Å². The molecule has 0 fully saturated rings. The highest BCUT2D eigenvalue weighted by molar-refractivity contribution is 5.97. The van der Waals surface area contributed by atoms with Crippen LogP contribution in [0.2, 0.25) is 0 Å². The number of aromatic nitrogens is 4. The van der Waals surface area contributed by atoms with E-state index in [0.717, 1.165) is 74.4 Å². The van der Waals surface area contributed by atoms with Crippen molar-refractivity contribution in [3.8, 4) is 22.5 Å². The van der Waals surface area contributed by atoms with E-state index in [1.165, 1.54) is 0 Å². The highest BCUT2D eigenvalue weighted by atomic mass is 17.1. The minimum Gasteiger partial charge on any atom is -0.457 e. The molecule has 5 aromatic carbocycles. The highest BCUT2D eigenvalue weighted by Gasteiger charge is 2.19. The first-order chi connectivity index (χ1) is 24.8. The van der Waals surface area contributed by atoms with E-state index < -0.39 is 5.97 Å². The van der Waals surface area contributed by atoms with Gasteiger partial charge in [-0.15, -0.1) is 0 Å². The molecule has 0 unspecified atom stereocenters. The number of para-hydroxylation sites is 2. The van der Waals surface area contributed by atoms with Crippen LogP contribution in [-0.2, 0) is 42.8 Å². The largest absolute Gasteiger partial charge is 0.457 e. The van der Waals surface area contributed by atoms with Gasteiger partial charge in [0.25, 0.3) is 0 Å². The number of hydrogen-bond donors (Lipinski definition) is 2. The quantitative estimate of drug-likeness (QED) is 0.0976. The number of aryl methyl sites for hydroxylation is 3. The lowest BCUT2D eigenvalue weighted by atomic mass is 9.98. The van der Waals surface area contributed by atoms with Gasteiger partial charge in [-0.25, -0.2) is 19.6 Å². The van der Waals surface area contributed by atoms with E-state index in [9.17, 15) is 4.79 Å². The molecule has 51 heavy (non-hydrogen) atoms. The molecule has 2 aromatic heterocycles. The second-order valence-electron chi connectivity index (χ2n) is 12.6. The van der Waals surface area contributed by atoms with Crippen molar-refractivity contribution in [1.82, 2.24) is 24.5 Å². The van der Waals surface area contributed by atoms with Crippen molar-refractivity contribution < 1.29 is 24.8 Å². The molecule has 7 aromatic rings. The molecule has 10 heteroatoms. The average Bonchev–Trinajstić information content (AvgIpc) is 3.67. The predicted molar refractivity (Wildman–Crippen MR) is 195 cm³/mol. The number of fused-ring (bicyclic) bond motifs is 2. The summed E-state index contributed by atoms with van der Waals surface area (Å²) in [5, 5.41) is 17.5. The Morgan fingerprint density at radius 3 is 2.25 bits per heavy atom. The Morgan fingerprint density at radius 2 is 1.51 bits per heavy atom. The van der Waals surface area contributed by atoms with E-state index in [4.69, 9.17) is 30.0 Å². The van der Waals surface area contributed by atoms with Crippen molar-refractivity contribution in [2.75, 3.05) is 0 Å². The molecule has 0 aliphatic carbocycles. The Balaban J connectivity index is 1.15. The predicted octanol–water partition coefficient (Wildman–Crippen LogP) is 8.44. The maximum absolute atomic E-state index is 13.4. The van der Waals surface area contributed by atoms with Gasteiger partial charge in [0.2, 0.25) is 0 Å². The molecule has 10 nitrogen and oxygen atoms in total. The van der Waals surface area contributed by atoms with Crippen LogP contribution in [0.4, 0.5) is 0 Å². The van der Waals surface area contributed by atoms with Crippen LogP contribution in [0.25, 0.3) is 44.6 Å². The molecule has 258 valence electrons. The van der Waals surface area contributed by atoms with Crippen LogP contribution in [0.3, 0.4) is 0 Å². The van der Waals surface area contributed by atoms with Gasteiger partial charge in [-0.1, -0.05) is 85.8 Å². The summed E-state index contributed by atoms with van der Waals surface area (Å²) in [5.74, 6) is 1.51. The topological polar surface area (TPSA) is 115 Å². The Labute approximate surface area is 295 Å². The Bertz CT molecular complexity index is 2340. The van der Waals surface area contributed by atoms with Gasteiger partial charge in [-0.3, -0.25) is 10.4 Å². The third-order valence-electron chi connectivity index (χ3n) is 9.21. The zero-order valence-corrected chi connectivity index (χ0v) is 28.8. The van der Waals surface area contributed by atoms with Crippen molar-refractivity contribution in [2.24, 2.45) is 7.05 Å². The molecule has 0 atom stereocenters. The Morgan fingerprint density at radius 1 is 0.804 bits per heavy atom. The number of hydrogen-bond acceptors (Lipinski definition) is 8. The second kappa shape index (κ2) is 14.7. The summed E-state index contributed by atoms with van der Waals surface area (Å²) in [6, 6.07) is 35.4. The first-order valence-corrected chi connectivity index (χ1v) is 16.9. The summed E-state index contributed by atoms with van der Waals surface area (Å²) in [6.07, 6.45) is 1.84. The third kappa shape index (κ3) is 7.03. The number of benzene rings is 5. The monoisotopic (exact) mass is 681 g/mol. The SMILES string of the molecule is CCCc1nc2c(C)cc(-c3nc4ccccc4n3C)cc2n1Cc1ccc(-c2ccccc2C(=O)OCc2ccccc2CON(O)O)cc1. The van der Waals surface area contributed by atoms with Gasteiger partial charge >= 0.3 is 5.97 Å². The molecule has 0 spiro atoms. The molecule has 2 heterocycles. The summed E-state index contributed by atoms with van der Waals surface area (Å²) < 4.78 is 10.2. The molecular weight excluding hydrogens is 642 g/mol. The summed E-state index contributed by atoms with van der Waals surface area (Å²) >= 11 is 0. The molecule has 0 bridgehead atoms. The Hall–Kier alpha value is -5.65. The molecule has 0 saturated heterocycles. The van der Waals surface area contributed by atoms with Crippen molar-refractivity contribution in [2.45, 2.75) is 46.4 Å². The number of rotatable bonds is 12. The minimum atomic E-state index is -0.461. The van der Waals surface area contributed by atoms with Gasteiger partial charge in [0.1, 0.15) is 18.3 Å². The van der Waals surface area contributed by atoms with Gasteiger partial charge in [0.15, 0.2) is 0 Å². The maximum atomic E-state index is 13.4. The van der Waals surface area contributed by atoms with Gasteiger partial charge in [0, 0.05) is 25.6 Å². The van der Waals surface area contributed by atoms with Crippen LogP contribution in [-0.4, -0.2) is 40.9 Å². The van der Waals surface area contributed by atoms with Crippen molar-refractivity contribution in [1.29, 1.82) is 0 Å². The van der Waals surface area contributed by atoms with Crippen LogP contribution in [0, 0.1) is 6.92 Å². The fourth-order valence-electron chi connectivity index (χ4n) is 6.64. The molecule has 0 radical (unpaired) electrons. The number of nitrogens with zero attached hydrogens (tertiary/aromatic N) is 5. The van der Waals surface area contributed by atoms with E-state index in [0.29, 0.717) is 23.2 Å². The van der Waals surface area contributed by atoms with Crippen LogP contribution < -0.4 is 0 Å². The van der Waals surface area contributed by atoms with E-state index in [1.54, 1.807) is 24.3 Å². The lowest BCUT2D eigenvalue weighted by Gasteiger charge is -2.14. The number of carbonyl (C=O) groups excluding carboxylic acids is 1. The van der Waals surface area contributed by atoms with Crippen LogP contribution in [0.1, 0.15) is 51.8 Å². The fraction of sp³-hybridized carbons (Fsp3) is 0.195. The second-order valence-corrected chi connectivity index (χ2v) is 12.6. The minimum absolute atomic E-state index is 0.000785. The lowest BCUT2D eigenvalue weighted by Crippen LogP contribution is -2.15. The number of esters is 1. The van der Waals surface area contributed by atoms with E-state index >= 15 is 0 Å². The molecule has 0 aliphatic rings. The standard InChI is InChI=1S/C41H39N5O5/c1-4-11-38-43-39-27(2)22-32(40-42-35-16-9-10-17-36(35)44(40)3)23-37(39)45(38)24-28-18-20-29(21-19-28)33-14-7-8-15-34(33)41(47)50-25-30-12-5-6-13-31(30)26-51-46(48)49/h5-10,12-23,48-49H,4,11,24-26H2,1-3H3. The first kappa shape index (κ1) is 33.8. The zero-order valence-electron chi connectivity index (χ0n) is 28.8. The lowest BCUT2D eigenvalue weighted by molar-refractivity contribution is -0.497. The molecule has 2 N–H and O–H groups in total. The number of carbonyl (C=O) groups is 1. The van der Waals surface area contributed by atoms with Crippen LogP contribution in [0.5, 0.6) is 0 Å². The average molecular weight is 682 g/mol. The van der Waals surface area contributed by atoms with Gasteiger partial charge in [0.05, 0.1) is 39.6 Å². The van der Waals surface area contributed by atoms with E-state index in [2.05, 4.69) is 60.4 Å². The van der Waals surface area contributed by atoms with Crippen molar-refractivity contribution >= 4 is 28.0 Å². The summed E-state index contributed by atoms with van der Waals surface area (Å²) in [5.41, 5.74) is 10.9. The molecule has 7 rings (SSSR count). The van der Waals surface area contributed by atoms with Crippen LogP contribution >= 0.6 is 0 Å². The normalized spacial score (nSPS) is 11.6. The van der Waals surface area contributed by atoms with Gasteiger partial charge in [-0.05, 0) is 77.1 Å². The maximum Gasteiger partial charge on any atom is 0.339 e. The molecule has 0 saturated carbocycles. The highest BCUT2D eigenvalue weighted by Crippen LogP contribution is 2.31. The smallest absolute Gasteiger partial charge is 0.339 e. The van der Waals surface area contributed by atoms with E-state index in [1.807, 2.05) is 54.6 Å². The molecular formula is C41H39N5O5. The van der Waals surface area contributed by atoms with E-state index in [-0.39, 0.29) is 18.6 Å². The first-order valence-electron chi connectivity index (χ1n) is 16.9. The van der Waals surface area contributed by atoms with Crippen molar-refractivity contribution in [3.05, 3.63) is 143 Å². The Kier molecular flexibility index (Phi) is 9.74. The summed E-state index contributed by atoms with van der Waals surface area (Å²) in [7, 11) is 2.06. The molecule has 0 aliphatic heterocycles. The van der Waals surface area contributed by atoms with Crippen molar-refractivity contribution in [3.63, 3.8) is 0 Å². The fourth-order valence-corrected chi connectivity index (χ4v) is 6.64.